The van der Waals surface area contributed by atoms with Crippen LogP contribution in [0.25, 0.3) is 0 Å². The smallest absolute Gasteiger partial charge is 0.240 e. The van der Waals surface area contributed by atoms with E-state index in [1.165, 1.54) is 0 Å². The fourth-order valence-corrected chi connectivity index (χ4v) is 1.33. The Morgan fingerprint density at radius 2 is 2.13 bits per heavy atom. The van der Waals surface area contributed by atoms with Crippen molar-refractivity contribution >= 4 is 5.91 Å². The Balaban J connectivity index is 4.62. The standard InChI is InChI=1S/C12H18N2O/c1-5-7-14(8-6-2)12(15)11(9-13)10(3)4/h1,10-11H,6-8H2,2-4H3. The van der Waals surface area contributed by atoms with Gasteiger partial charge in [-0.3, -0.25) is 4.79 Å². The Hall–Kier alpha value is -1.48. The number of amides is 1. The summed E-state index contributed by atoms with van der Waals surface area (Å²) in [5.41, 5.74) is 0. The molecular weight excluding hydrogens is 188 g/mol. The molecule has 1 unspecified atom stereocenters. The molecule has 0 aromatic rings. The molecule has 3 nitrogen and oxygen atoms in total. The van der Waals surface area contributed by atoms with Gasteiger partial charge in [-0.25, -0.2) is 0 Å². The predicted octanol–water partition coefficient (Wildman–Crippen LogP) is 1.65. The minimum atomic E-state index is -0.579. The van der Waals surface area contributed by atoms with Crippen LogP contribution in [0.3, 0.4) is 0 Å². The van der Waals surface area contributed by atoms with E-state index in [9.17, 15) is 4.79 Å². The molecule has 0 aromatic carbocycles. The summed E-state index contributed by atoms with van der Waals surface area (Å²) in [4.78, 5) is 13.5. The van der Waals surface area contributed by atoms with Crippen LogP contribution in [0.5, 0.6) is 0 Å². The van der Waals surface area contributed by atoms with Crippen molar-refractivity contribution in [2.24, 2.45) is 11.8 Å². The van der Waals surface area contributed by atoms with E-state index in [0.717, 1.165) is 6.42 Å². The van der Waals surface area contributed by atoms with Crippen molar-refractivity contribution in [1.82, 2.24) is 4.90 Å². The molecule has 3 heteroatoms. The Bertz CT molecular complexity index is 283. The molecule has 0 aliphatic rings. The highest BCUT2D eigenvalue weighted by Gasteiger charge is 2.25. The highest BCUT2D eigenvalue weighted by atomic mass is 16.2. The van der Waals surface area contributed by atoms with Crippen LogP contribution in [0.1, 0.15) is 27.2 Å². The number of nitriles is 1. The molecule has 0 saturated heterocycles. The Morgan fingerprint density at radius 3 is 2.47 bits per heavy atom. The zero-order chi connectivity index (χ0) is 11.8. The molecule has 0 aromatic heterocycles. The van der Waals surface area contributed by atoms with Crippen molar-refractivity contribution in [1.29, 1.82) is 5.26 Å². The Labute approximate surface area is 92.1 Å². The lowest BCUT2D eigenvalue weighted by Crippen LogP contribution is -2.38. The van der Waals surface area contributed by atoms with Gasteiger partial charge in [0.25, 0.3) is 0 Å². The summed E-state index contributed by atoms with van der Waals surface area (Å²) in [6, 6.07) is 2.04. The van der Waals surface area contributed by atoms with Gasteiger partial charge < -0.3 is 4.90 Å². The molecule has 0 radical (unpaired) electrons. The van der Waals surface area contributed by atoms with Crippen molar-refractivity contribution in [3.63, 3.8) is 0 Å². The van der Waals surface area contributed by atoms with Gasteiger partial charge in [0.1, 0.15) is 5.92 Å². The summed E-state index contributed by atoms with van der Waals surface area (Å²) >= 11 is 0. The van der Waals surface area contributed by atoms with Crippen LogP contribution in [-0.4, -0.2) is 23.9 Å². The average Bonchev–Trinajstić information content (AvgIpc) is 2.17. The maximum Gasteiger partial charge on any atom is 0.240 e. The number of rotatable bonds is 5. The first-order chi connectivity index (χ1) is 7.08. The van der Waals surface area contributed by atoms with Crippen LogP contribution in [0, 0.1) is 35.5 Å². The van der Waals surface area contributed by atoms with Gasteiger partial charge in [0.15, 0.2) is 0 Å². The van der Waals surface area contributed by atoms with Gasteiger partial charge in [0.2, 0.25) is 5.91 Å². The van der Waals surface area contributed by atoms with Gasteiger partial charge in [0.05, 0.1) is 12.6 Å². The molecule has 0 bridgehead atoms. The average molecular weight is 206 g/mol. The second-order valence-electron chi connectivity index (χ2n) is 3.81. The zero-order valence-electron chi connectivity index (χ0n) is 9.66. The molecule has 1 atom stereocenters. The van der Waals surface area contributed by atoms with E-state index in [1.807, 2.05) is 26.8 Å². The summed E-state index contributed by atoms with van der Waals surface area (Å²) in [6.07, 6.45) is 6.04. The number of terminal acetylenes is 1. The monoisotopic (exact) mass is 206 g/mol. The van der Waals surface area contributed by atoms with Gasteiger partial charge in [-0.2, -0.15) is 5.26 Å². The topological polar surface area (TPSA) is 44.1 Å². The molecule has 0 heterocycles. The van der Waals surface area contributed by atoms with E-state index >= 15 is 0 Å². The number of carbonyl (C=O) groups excluding carboxylic acids is 1. The zero-order valence-corrected chi connectivity index (χ0v) is 9.66. The largest absolute Gasteiger partial charge is 0.330 e. The number of hydrogen-bond donors (Lipinski definition) is 0. The van der Waals surface area contributed by atoms with E-state index in [1.54, 1.807) is 4.90 Å². The van der Waals surface area contributed by atoms with Crippen molar-refractivity contribution in [2.45, 2.75) is 27.2 Å². The minimum Gasteiger partial charge on any atom is -0.330 e. The fraction of sp³-hybridized carbons (Fsp3) is 0.667. The van der Waals surface area contributed by atoms with E-state index < -0.39 is 5.92 Å². The van der Waals surface area contributed by atoms with E-state index in [2.05, 4.69) is 5.92 Å². The molecule has 0 rings (SSSR count). The first-order valence-electron chi connectivity index (χ1n) is 5.20. The van der Waals surface area contributed by atoms with Gasteiger partial charge in [0, 0.05) is 6.54 Å². The van der Waals surface area contributed by atoms with Crippen LogP contribution >= 0.6 is 0 Å². The van der Waals surface area contributed by atoms with Crippen LogP contribution in [0.4, 0.5) is 0 Å². The van der Waals surface area contributed by atoms with Gasteiger partial charge in [-0.1, -0.05) is 26.7 Å². The van der Waals surface area contributed by atoms with Crippen LogP contribution in [0.15, 0.2) is 0 Å². The second-order valence-corrected chi connectivity index (χ2v) is 3.81. The first kappa shape index (κ1) is 13.5. The van der Waals surface area contributed by atoms with Gasteiger partial charge in [-0.05, 0) is 12.3 Å². The van der Waals surface area contributed by atoms with Crippen LogP contribution < -0.4 is 0 Å². The van der Waals surface area contributed by atoms with Gasteiger partial charge in [-0.15, -0.1) is 6.42 Å². The molecule has 0 saturated carbocycles. The third-order valence-corrected chi connectivity index (χ3v) is 2.16. The summed E-state index contributed by atoms with van der Waals surface area (Å²) in [7, 11) is 0. The molecular formula is C12H18N2O. The third kappa shape index (κ3) is 4.04. The van der Waals surface area contributed by atoms with Crippen LogP contribution in [-0.2, 0) is 4.79 Å². The van der Waals surface area contributed by atoms with Crippen LogP contribution in [0.2, 0.25) is 0 Å². The second kappa shape index (κ2) is 6.90. The van der Waals surface area contributed by atoms with Gasteiger partial charge >= 0.3 is 0 Å². The summed E-state index contributed by atoms with van der Waals surface area (Å²) < 4.78 is 0. The maximum absolute atomic E-state index is 11.9. The lowest BCUT2D eigenvalue weighted by atomic mass is 9.96. The molecule has 0 spiro atoms. The highest BCUT2D eigenvalue weighted by Crippen LogP contribution is 2.13. The molecule has 0 aliphatic heterocycles. The van der Waals surface area contributed by atoms with E-state index in [4.69, 9.17) is 11.7 Å². The SMILES string of the molecule is C#CCN(CCC)C(=O)C(C#N)C(C)C. The Morgan fingerprint density at radius 1 is 1.53 bits per heavy atom. The summed E-state index contributed by atoms with van der Waals surface area (Å²) in [5.74, 6) is 1.75. The maximum atomic E-state index is 11.9. The molecule has 1 amide bonds. The first-order valence-corrected chi connectivity index (χ1v) is 5.20. The van der Waals surface area contributed by atoms with E-state index in [0.29, 0.717) is 6.54 Å². The number of hydrogen-bond acceptors (Lipinski definition) is 2. The van der Waals surface area contributed by atoms with E-state index in [-0.39, 0.29) is 18.4 Å². The van der Waals surface area contributed by atoms with Crippen molar-refractivity contribution in [3.05, 3.63) is 0 Å². The number of nitrogens with zero attached hydrogens (tertiary/aromatic N) is 2. The quantitative estimate of drug-likeness (QED) is 0.642. The summed E-state index contributed by atoms with van der Waals surface area (Å²) in [5, 5.41) is 8.90. The molecule has 0 aliphatic carbocycles. The lowest BCUT2D eigenvalue weighted by Gasteiger charge is -2.23. The summed E-state index contributed by atoms with van der Waals surface area (Å²) in [6.45, 7) is 6.62. The molecule has 15 heavy (non-hydrogen) atoms. The lowest BCUT2D eigenvalue weighted by molar-refractivity contribution is -0.134. The van der Waals surface area contributed by atoms with Crippen molar-refractivity contribution in [3.8, 4) is 18.4 Å². The number of carbonyl (C=O) groups is 1. The molecule has 0 fully saturated rings. The highest BCUT2D eigenvalue weighted by molar-refractivity contribution is 5.81. The van der Waals surface area contributed by atoms with Crippen molar-refractivity contribution in [2.75, 3.05) is 13.1 Å². The third-order valence-electron chi connectivity index (χ3n) is 2.16. The Kier molecular flexibility index (Phi) is 6.22. The fourth-order valence-electron chi connectivity index (χ4n) is 1.33. The predicted molar refractivity (Wildman–Crippen MR) is 59.6 cm³/mol. The minimum absolute atomic E-state index is 0.0274. The normalized spacial score (nSPS) is 11.6. The molecule has 0 N–H and O–H groups in total. The molecule has 82 valence electrons. The van der Waals surface area contributed by atoms with Crippen molar-refractivity contribution < 1.29 is 4.79 Å².